The lowest BCUT2D eigenvalue weighted by atomic mass is 10.4. The van der Waals surface area contributed by atoms with Crippen molar-refractivity contribution in [2.24, 2.45) is 0 Å². The Balaban J connectivity index is 2.79. The predicted molar refractivity (Wildman–Crippen MR) is 43.2 cm³/mol. The van der Waals surface area contributed by atoms with Crippen LogP contribution in [0.15, 0.2) is 6.20 Å². The number of aromatic nitrogens is 2. The molecule has 76 valence electrons. The van der Waals surface area contributed by atoms with Gasteiger partial charge in [0.05, 0.1) is 4.92 Å². The number of carboxylic acids is 1. The second-order valence-electron chi connectivity index (χ2n) is 2.72. The third-order valence-electron chi connectivity index (χ3n) is 1.80. The summed E-state index contributed by atoms with van der Waals surface area (Å²) in [4.78, 5) is 20.0. The Labute approximate surface area is 79.1 Å². The van der Waals surface area contributed by atoms with Crippen molar-refractivity contribution < 1.29 is 14.8 Å². The van der Waals surface area contributed by atoms with Crippen LogP contribution in [0.5, 0.6) is 0 Å². The minimum absolute atomic E-state index is 0.0853. The standard InChI is InChI=1S/C7H9N3O4/c1-5-6(10(13)14)4-8-9(5)3-2-7(11)12/h4H,2-3H2,1H3,(H,11,12)/p-1. The molecule has 0 bridgehead atoms. The molecule has 0 amide bonds. The van der Waals surface area contributed by atoms with E-state index >= 15 is 0 Å². The lowest BCUT2D eigenvalue weighted by Crippen LogP contribution is -2.24. The fourth-order valence-corrected chi connectivity index (χ4v) is 1.04. The van der Waals surface area contributed by atoms with E-state index in [1.54, 1.807) is 0 Å². The highest BCUT2D eigenvalue weighted by molar-refractivity contribution is 5.64. The van der Waals surface area contributed by atoms with Crippen molar-refractivity contribution in [1.29, 1.82) is 0 Å². The summed E-state index contributed by atoms with van der Waals surface area (Å²) in [7, 11) is 0. The van der Waals surface area contributed by atoms with Gasteiger partial charge in [-0.3, -0.25) is 14.8 Å². The molecule has 0 aliphatic rings. The monoisotopic (exact) mass is 198 g/mol. The van der Waals surface area contributed by atoms with Crippen LogP contribution in [0.3, 0.4) is 0 Å². The second-order valence-corrected chi connectivity index (χ2v) is 2.72. The summed E-state index contributed by atoms with van der Waals surface area (Å²) >= 11 is 0. The van der Waals surface area contributed by atoms with Crippen LogP contribution in [-0.4, -0.2) is 20.7 Å². The molecule has 1 aromatic heterocycles. The third-order valence-corrected chi connectivity index (χ3v) is 1.80. The molecule has 0 radical (unpaired) electrons. The van der Waals surface area contributed by atoms with Crippen LogP contribution in [0.25, 0.3) is 0 Å². The van der Waals surface area contributed by atoms with E-state index in [4.69, 9.17) is 0 Å². The number of hydrogen-bond donors (Lipinski definition) is 0. The predicted octanol–water partition coefficient (Wildman–Crippen LogP) is -0.760. The van der Waals surface area contributed by atoms with Gasteiger partial charge in [-0.2, -0.15) is 5.10 Å². The first-order valence-corrected chi connectivity index (χ1v) is 3.89. The Kier molecular flexibility index (Phi) is 2.80. The third kappa shape index (κ3) is 2.06. The van der Waals surface area contributed by atoms with Gasteiger partial charge >= 0.3 is 5.69 Å². The van der Waals surface area contributed by atoms with Gasteiger partial charge in [-0.25, -0.2) is 0 Å². The van der Waals surface area contributed by atoms with Crippen molar-refractivity contribution in [2.75, 3.05) is 0 Å². The molecule has 7 heteroatoms. The van der Waals surface area contributed by atoms with E-state index < -0.39 is 10.9 Å². The largest absolute Gasteiger partial charge is 0.550 e. The number of nitro groups is 1. The lowest BCUT2D eigenvalue weighted by Gasteiger charge is -2.03. The van der Waals surface area contributed by atoms with Gasteiger partial charge in [0.1, 0.15) is 11.9 Å². The van der Waals surface area contributed by atoms with Crippen LogP contribution < -0.4 is 5.11 Å². The first-order chi connectivity index (χ1) is 6.52. The number of hydrogen-bond acceptors (Lipinski definition) is 5. The van der Waals surface area contributed by atoms with E-state index in [0.717, 1.165) is 6.20 Å². The molecular weight excluding hydrogens is 190 g/mol. The highest BCUT2D eigenvalue weighted by Gasteiger charge is 2.15. The smallest absolute Gasteiger partial charge is 0.309 e. The molecule has 0 fully saturated rings. The average Bonchev–Trinajstić information content (AvgIpc) is 2.43. The highest BCUT2D eigenvalue weighted by Crippen LogP contribution is 2.15. The van der Waals surface area contributed by atoms with Crippen LogP contribution in [0, 0.1) is 17.0 Å². The number of carboxylic acid groups (broad SMARTS) is 1. The molecule has 0 unspecified atom stereocenters. The summed E-state index contributed by atoms with van der Waals surface area (Å²) in [5, 5.41) is 24.2. The molecular formula is C7H8N3O4-. The maximum Gasteiger partial charge on any atom is 0.309 e. The van der Waals surface area contributed by atoms with Crippen LogP contribution in [-0.2, 0) is 11.3 Å². The first-order valence-electron chi connectivity index (χ1n) is 3.89. The van der Waals surface area contributed by atoms with E-state index in [0.29, 0.717) is 5.69 Å². The van der Waals surface area contributed by atoms with Crippen LogP contribution in [0.1, 0.15) is 12.1 Å². The number of carbonyl (C=O) groups is 1. The van der Waals surface area contributed by atoms with Gasteiger partial charge in [0, 0.05) is 18.9 Å². The minimum atomic E-state index is -1.21. The Morgan fingerprint density at radius 1 is 1.71 bits per heavy atom. The normalized spacial score (nSPS) is 10.1. The summed E-state index contributed by atoms with van der Waals surface area (Å²) < 4.78 is 1.27. The van der Waals surface area contributed by atoms with Crippen molar-refractivity contribution in [2.45, 2.75) is 19.9 Å². The zero-order valence-corrected chi connectivity index (χ0v) is 7.47. The number of carbonyl (C=O) groups excluding carboxylic acids is 1. The Morgan fingerprint density at radius 3 is 2.79 bits per heavy atom. The number of nitrogens with zero attached hydrogens (tertiary/aromatic N) is 3. The topological polar surface area (TPSA) is 101 Å². The number of rotatable bonds is 4. The van der Waals surface area contributed by atoms with Crippen LogP contribution in [0.2, 0.25) is 0 Å². The van der Waals surface area contributed by atoms with E-state index in [1.807, 2.05) is 0 Å². The molecule has 1 rings (SSSR count). The van der Waals surface area contributed by atoms with E-state index in [1.165, 1.54) is 11.6 Å². The summed E-state index contributed by atoms with van der Waals surface area (Å²) in [5.41, 5.74) is 0.236. The first kappa shape index (κ1) is 10.2. The molecule has 0 atom stereocenters. The van der Waals surface area contributed by atoms with Crippen molar-refractivity contribution >= 4 is 11.7 Å². The molecule has 0 aromatic carbocycles. The van der Waals surface area contributed by atoms with Crippen LogP contribution in [0.4, 0.5) is 5.69 Å². The van der Waals surface area contributed by atoms with Gasteiger partial charge in [-0.1, -0.05) is 0 Å². The molecule has 1 aromatic rings. The fourth-order valence-electron chi connectivity index (χ4n) is 1.04. The zero-order valence-electron chi connectivity index (χ0n) is 7.47. The Morgan fingerprint density at radius 2 is 2.36 bits per heavy atom. The molecule has 0 saturated carbocycles. The Bertz CT molecular complexity index is 371. The van der Waals surface area contributed by atoms with Gasteiger partial charge in [-0.15, -0.1) is 0 Å². The van der Waals surface area contributed by atoms with Gasteiger partial charge in [0.15, 0.2) is 0 Å². The van der Waals surface area contributed by atoms with Crippen molar-refractivity contribution in [3.8, 4) is 0 Å². The van der Waals surface area contributed by atoms with Crippen molar-refractivity contribution in [1.82, 2.24) is 9.78 Å². The Hall–Kier alpha value is -1.92. The lowest BCUT2D eigenvalue weighted by molar-refractivity contribution is -0.385. The maximum absolute atomic E-state index is 10.4. The van der Waals surface area contributed by atoms with Gasteiger partial charge in [-0.05, 0) is 6.92 Å². The molecule has 0 saturated heterocycles. The molecule has 0 spiro atoms. The molecule has 14 heavy (non-hydrogen) atoms. The van der Waals surface area contributed by atoms with Gasteiger partial charge < -0.3 is 9.90 Å². The fraction of sp³-hybridized carbons (Fsp3) is 0.429. The quantitative estimate of drug-likeness (QED) is 0.467. The number of aryl methyl sites for hydroxylation is 1. The van der Waals surface area contributed by atoms with E-state index in [-0.39, 0.29) is 18.7 Å². The van der Waals surface area contributed by atoms with E-state index in [9.17, 15) is 20.0 Å². The van der Waals surface area contributed by atoms with E-state index in [2.05, 4.69) is 5.10 Å². The van der Waals surface area contributed by atoms with Gasteiger partial charge in [0.25, 0.3) is 0 Å². The summed E-state index contributed by atoms with van der Waals surface area (Å²) in [6.45, 7) is 1.60. The van der Waals surface area contributed by atoms with Gasteiger partial charge in [0.2, 0.25) is 0 Å². The maximum atomic E-state index is 10.4. The molecule has 7 nitrogen and oxygen atoms in total. The van der Waals surface area contributed by atoms with Crippen molar-refractivity contribution in [3.05, 3.63) is 22.0 Å². The van der Waals surface area contributed by atoms with Crippen LogP contribution >= 0.6 is 0 Å². The van der Waals surface area contributed by atoms with Crippen molar-refractivity contribution in [3.63, 3.8) is 0 Å². The SMILES string of the molecule is Cc1c([N+](=O)[O-])cnn1CCC(=O)[O-]. The highest BCUT2D eigenvalue weighted by atomic mass is 16.6. The average molecular weight is 198 g/mol. The molecule has 0 aliphatic heterocycles. The second kappa shape index (κ2) is 3.86. The summed E-state index contributed by atoms with van der Waals surface area (Å²) in [6.07, 6.45) is 0.893. The summed E-state index contributed by atoms with van der Waals surface area (Å²) in [5.74, 6) is -1.21. The minimum Gasteiger partial charge on any atom is -0.550 e. The molecule has 0 N–H and O–H groups in total. The summed E-state index contributed by atoms with van der Waals surface area (Å²) in [6, 6.07) is 0. The zero-order chi connectivity index (χ0) is 10.7. The molecule has 0 aliphatic carbocycles. The molecule has 1 heterocycles. The number of aliphatic carboxylic acids is 1.